The normalized spacial score (nSPS) is 10.4. The molecule has 0 spiro atoms. The second-order valence-corrected chi connectivity index (χ2v) is 6.54. The Hall–Kier alpha value is -2.82. The van der Waals surface area contributed by atoms with E-state index in [1.54, 1.807) is 24.3 Å². The Kier molecular flexibility index (Phi) is 7.68. The molecule has 2 N–H and O–H groups in total. The highest BCUT2D eigenvalue weighted by Crippen LogP contribution is 2.13. The van der Waals surface area contributed by atoms with Crippen LogP contribution in [0.25, 0.3) is 0 Å². The molecule has 0 bridgehead atoms. The quantitative estimate of drug-likeness (QED) is 0.713. The van der Waals surface area contributed by atoms with Gasteiger partial charge in [0.1, 0.15) is 5.75 Å². The zero-order valence-electron chi connectivity index (χ0n) is 15.3. The van der Waals surface area contributed by atoms with Crippen molar-refractivity contribution in [2.24, 2.45) is 5.92 Å². The second-order valence-electron chi connectivity index (χ2n) is 6.54. The van der Waals surface area contributed by atoms with Gasteiger partial charge in [0, 0.05) is 12.0 Å². The van der Waals surface area contributed by atoms with Crippen LogP contribution < -0.4 is 15.6 Å². The smallest absolute Gasteiger partial charge is 0.269 e. The molecular formula is C21H26N2O3. The summed E-state index contributed by atoms with van der Waals surface area (Å²) in [4.78, 5) is 23.9. The van der Waals surface area contributed by atoms with Crippen LogP contribution in [0.3, 0.4) is 0 Å². The summed E-state index contributed by atoms with van der Waals surface area (Å²) in [5, 5.41) is 0. The molecule has 0 atom stereocenters. The maximum absolute atomic E-state index is 12.1. The third kappa shape index (κ3) is 6.97. The summed E-state index contributed by atoms with van der Waals surface area (Å²) in [6, 6.07) is 16.6. The first-order valence-electron chi connectivity index (χ1n) is 8.90. The summed E-state index contributed by atoms with van der Waals surface area (Å²) < 4.78 is 5.62. The maximum atomic E-state index is 12.1. The van der Waals surface area contributed by atoms with Gasteiger partial charge in [0.2, 0.25) is 5.91 Å². The van der Waals surface area contributed by atoms with Gasteiger partial charge in [0.05, 0.1) is 6.61 Å². The van der Waals surface area contributed by atoms with Crippen molar-refractivity contribution in [1.29, 1.82) is 0 Å². The van der Waals surface area contributed by atoms with E-state index in [2.05, 4.69) is 24.7 Å². The number of amides is 2. The fraction of sp³-hybridized carbons (Fsp3) is 0.333. The number of aryl methyl sites for hydroxylation is 1. The van der Waals surface area contributed by atoms with Crippen LogP contribution in [0.4, 0.5) is 0 Å². The molecule has 138 valence electrons. The summed E-state index contributed by atoms with van der Waals surface area (Å²) in [5.41, 5.74) is 6.42. The van der Waals surface area contributed by atoms with E-state index in [9.17, 15) is 9.59 Å². The molecule has 0 heterocycles. The Morgan fingerprint density at radius 3 is 2.31 bits per heavy atom. The first-order valence-corrected chi connectivity index (χ1v) is 8.90. The summed E-state index contributed by atoms with van der Waals surface area (Å²) in [7, 11) is 0. The van der Waals surface area contributed by atoms with Gasteiger partial charge >= 0.3 is 0 Å². The van der Waals surface area contributed by atoms with Gasteiger partial charge in [0.15, 0.2) is 0 Å². The predicted molar refractivity (Wildman–Crippen MR) is 102 cm³/mol. The van der Waals surface area contributed by atoms with E-state index < -0.39 is 0 Å². The molecule has 0 unspecified atom stereocenters. The van der Waals surface area contributed by atoms with E-state index >= 15 is 0 Å². The van der Waals surface area contributed by atoms with Crippen molar-refractivity contribution in [3.05, 3.63) is 65.7 Å². The van der Waals surface area contributed by atoms with Crippen molar-refractivity contribution in [3.63, 3.8) is 0 Å². The van der Waals surface area contributed by atoms with Crippen LogP contribution in [0.15, 0.2) is 54.6 Å². The van der Waals surface area contributed by atoms with Gasteiger partial charge in [-0.3, -0.25) is 20.4 Å². The standard InChI is InChI=1S/C21H26N2O3/c1-16(2)14-15-26-19-11-9-18(10-12-19)21(25)23-22-20(24)13-8-17-6-4-3-5-7-17/h3-7,9-12,16H,8,13-15H2,1-2H3,(H,22,24)(H,23,25). The van der Waals surface area contributed by atoms with Gasteiger partial charge in [-0.2, -0.15) is 0 Å². The van der Waals surface area contributed by atoms with Gasteiger partial charge in [-0.25, -0.2) is 0 Å². The lowest BCUT2D eigenvalue weighted by Gasteiger charge is -2.10. The molecule has 5 nitrogen and oxygen atoms in total. The Balaban J connectivity index is 1.72. The number of hydrazine groups is 1. The van der Waals surface area contributed by atoms with Crippen molar-refractivity contribution in [3.8, 4) is 5.75 Å². The number of rotatable bonds is 8. The highest BCUT2D eigenvalue weighted by atomic mass is 16.5. The molecule has 0 fully saturated rings. The van der Waals surface area contributed by atoms with Crippen molar-refractivity contribution >= 4 is 11.8 Å². The Bertz CT molecular complexity index is 697. The molecule has 0 aliphatic rings. The zero-order chi connectivity index (χ0) is 18.8. The summed E-state index contributed by atoms with van der Waals surface area (Å²) in [5.74, 6) is 0.738. The van der Waals surface area contributed by atoms with Crippen LogP contribution in [-0.2, 0) is 11.2 Å². The molecule has 0 saturated heterocycles. The molecule has 2 rings (SSSR count). The molecule has 0 aliphatic heterocycles. The molecule has 5 heteroatoms. The number of hydrogen-bond acceptors (Lipinski definition) is 3. The first-order chi connectivity index (χ1) is 12.5. The average Bonchev–Trinajstić information content (AvgIpc) is 2.65. The third-order valence-corrected chi connectivity index (χ3v) is 3.88. The van der Waals surface area contributed by atoms with Crippen LogP contribution in [0.2, 0.25) is 0 Å². The van der Waals surface area contributed by atoms with E-state index in [1.807, 2.05) is 30.3 Å². The second kappa shape index (κ2) is 10.2. The first kappa shape index (κ1) is 19.5. The molecule has 0 radical (unpaired) electrons. The summed E-state index contributed by atoms with van der Waals surface area (Å²) in [6.07, 6.45) is 1.93. The molecule has 2 amide bonds. The van der Waals surface area contributed by atoms with Crippen LogP contribution in [0.1, 0.15) is 42.6 Å². The fourth-order valence-corrected chi connectivity index (χ4v) is 2.28. The number of benzene rings is 2. The van der Waals surface area contributed by atoms with Crippen molar-refractivity contribution in [1.82, 2.24) is 10.9 Å². The van der Waals surface area contributed by atoms with Crippen LogP contribution in [0, 0.1) is 5.92 Å². The average molecular weight is 354 g/mol. The minimum absolute atomic E-state index is 0.226. The van der Waals surface area contributed by atoms with E-state index in [0.29, 0.717) is 30.9 Å². The van der Waals surface area contributed by atoms with Gasteiger partial charge in [-0.15, -0.1) is 0 Å². The van der Waals surface area contributed by atoms with E-state index in [0.717, 1.165) is 17.7 Å². The van der Waals surface area contributed by atoms with E-state index in [4.69, 9.17) is 4.74 Å². The number of carbonyl (C=O) groups excluding carboxylic acids is 2. The molecule has 26 heavy (non-hydrogen) atoms. The van der Waals surface area contributed by atoms with Crippen LogP contribution in [-0.4, -0.2) is 18.4 Å². The highest BCUT2D eigenvalue weighted by Gasteiger charge is 2.08. The number of ether oxygens (including phenoxy) is 1. The van der Waals surface area contributed by atoms with Gasteiger partial charge in [0.25, 0.3) is 5.91 Å². The number of carbonyl (C=O) groups is 2. The number of hydrogen-bond donors (Lipinski definition) is 2. The summed E-state index contributed by atoms with van der Waals surface area (Å²) in [6.45, 7) is 4.94. The fourth-order valence-electron chi connectivity index (χ4n) is 2.28. The Labute approximate surface area is 154 Å². The molecule has 2 aromatic carbocycles. The molecule has 2 aromatic rings. The van der Waals surface area contributed by atoms with Crippen molar-refractivity contribution in [2.75, 3.05) is 6.61 Å². The van der Waals surface area contributed by atoms with Crippen molar-refractivity contribution < 1.29 is 14.3 Å². The largest absolute Gasteiger partial charge is 0.494 e. The Morgan fingerprint density at radius 2 is 1.65 bits per heavy atom. The SMILES string of the molecule is CC(C)CCOc1ccc(C(=O)NNC(=O)CCc2ccccc2)cc1. The van der Waals surface area contributed by atoms with Gasteiger partial charge in [-0.1, -0.05) is 44.2 Å². The summed E-state index contributed by atoms with van der Waals surface area (Å²) >= 11 is 0. The topological polar surface area (TPSA) is 67.4 Å². The van der Waals surface area contributed by atoms with Gasteiger partial charge < -0.3 is 4.74 Å². The maximum Gasteiger partial charge on any atom is 0.269 e. The monoisotopic (exact) mass is 354 g/mol. The molecule has 0 saturated carbocycles. The highest BCUT2D eigenvalue weighted by molar-refractivity contribution is 5.95. The lowest BCUT2D eigenvalue weighted by Crippen LogP contribution is -2.41. The molecular weight excluding hydrogens is 328 g/mol. The molecule has 0 aromatic heterocycles. The van der Waals surface area contributed by atoms with Crippen LogP contribution in [0.5, 0.6) is 5.75 Å². The zero-order valence-corrected chi connectivity index (χ0v) is 15.3. The minimum atomic E-state index is -0.355. The lowest BCUT2D eigenvalue weighted by molar-refractivity contribution is -0.121. The number of nitrogens with one attached hydrogen (secondary N) is 2. The Morgan fingerprint density at radius 1 is 0.962 bits per heavy atom. The lowest BCUT2D eigenvalue weighted by atomic mass is 10.1. The van der Waals surface area contributed by atoms with Crippen molar-refractivity contribution in [2.45, 2.75) is 33.1 Å². The van der Waals surface area contributed by atoms with E-state index in [1.165, 1.54) is 0 Å². The molecule has 0 aliphatic carbocycles. The van der Waals surface area contributed by atoms with Gasteiger partial charge in [-0.05, 0) is 48.6 Å². The predicted octanol–water partition coefficient (Wildman–Crippen LogP) is 3.51. The third-order valence-electron chi connectivity index (χ3n) is 3.88. The van der Waals surface area contributed by atoms with E-state index in [-0.39, 0.29) is 11.8 Å². The van der Waals surface area contributed by atoms with Crippen LogP contribution >= 0.6 is 0 Å². The minimum Gasteiger partial charge on any atom is -0.494 e.